The molecule has 0 radical (unpaired) electrons. The van der Waals surface area contributed by atoms with Crippen LogP contribution in [0.3, 0.4) is 0 Å². The first-order valence-electron chi connectivity index (χ1n) is 8.01. The Morgan fingerprint density at radius 1 is 1.05 bits per heavy atom. The standard InChI is InChI=1S/C20H27NO/c1-15-9-11-18(13-16(15)2)12-10-17(3)21-14-19-7-5-6-8-20(19)22-4/h5-9,11,13,17,21H,10,12,14H2,1-4H3. The van der Waals surface area contributed by atoms with Crippen LogP contribution in [0.1, 0.15) is 35.6 Å². The van der Waals surface area contributed by atoms with Crippen molar-refractivity contribution < 1.29 is 4.74 Å². The van der Waals surface area contributed by atoms with Crippen LogP contribution in [0.25, 0.3) is 0 Å². The largest absolute Gasteiger partial charge is 0.496 e. The molecule has 0 amide bonds. The summed E-state index contributed by atoms with van der Waals surface area (Å²) >= 11 is 0. The molecule has 2 rings (SSSR count). The lowest BCUT2D eigenvalue weighted by Crippen LogP contribution is -2.26. The van der Waals surface area contributed by atoms with Crippen LogP contribution in [0, 0.1) is 13.8 Å². The van der Waals surface area contributed by atoms with Crippen molar-refractivity contribution in [1.82, 2.24) is 5.32 Å². The molecule has 1 N–H and O–H groups in total. The van der Waals surface area contributed by atoms with Crippen LogP contribution < -0.4 is 10.1 Å². The lowest BCUT2D eigenvalue weighted by molar-refractivity contribution is 0.405. The second kappa shape index (κ2) is 8.00. The summed E-state index contributed by atoms with van der Waals surface area (Å²) in [4.78, 5) is 0. The van der Waals surface area contributed by atoms with E-state index in [4.69, 9.17) is 4.74 Å². The number of para-hydroxylation sites is 1. The summed E-state index contributed by atoms with van der Waals surface area (Å²) < 4.78 is 5.39. The van der Waals surface area contributed by atoms with Crippen molar-refractivity contribution in [2.75, 3.05) is 7.11 Å². The smallest absolute Gasteiger partial charge is 0.123 e. The minimum Gasteiger partial charge on any atom is -0.496 e. The van der Waals surface area contributed by atoms with Gasteiger partial charge in [0.25, 0.3) is 0 Å². The van der Waals surface area contributed by atoms with E-state index < -0.39 is 0 Å². The van der Waals surface area contributed by atoms with Crippen molar-refractivity contribution in [3.8, 4) is 5.75 Å². The highest BCUT2D eigenvalue weighted by Gasteiger charge is 2.06. The van der Waals surface area contributed by atoms with E-state index in [0.29, 0.717) is 6.04 Å². The Hall–Kier alpha value is -1.80. The normalized spacial score (nSPS) is 12.2. The zero-order chi connectivity index (χ0) is 15.9. The van der Waals surface area contributed by atoms with E-state index in [1.165, 1.54) is 22.3 Å². The first-order chi connectivity index (χ1) is 10.6. The van der Waals surface area contributed by atoms with Gasteiger partial charge < -0.3 is 10.1 Å². The Balaban J connectivity index is 1.82. The summed E-state index contributed by atoms with van der Waals surface area (Å²) in [6.07, 6.45) is 2.25. The second-order valence-electron chi connectivity index (χ2n) is 6.05. The maximum atomic E-state index is 5.39. The predicted octanol–water partition coefficient (Wildman–Crippen LogP) is 4.42. The molecule has 22 heavy (non-hydrogen) atoms. The van der Waals surface area contributed by atoms with Gasteiger partial charge in [-0.3, -0.25) is 0 Å². The lowest BCUT2D eigenvalue weighted by Gasteiger charge is -2.15. The Morgan fingerprint density at radius 2 is 1.82 bits per heavy atom. The third-order valence-corrected chi connectivity index (χ3v) is 4.27. The fourth-order valence-corrected chi connectivity index (χ4v) is 2.58. The summed E-state index contributed by atoms with van der Waals surface area (Å²) in [7, 11) is 1.72. The fourth-order valence-electron chi connectivity index (χ4n) is 2.58. The third-order valence-electron chi connectivity index (χ3n) is 4.27. The number of hydrogen-bond acceptors (Lipinski definition) is 2. The zero-order valence-electron chi connectivity index (χ0n) is 14.1. The highest BCUT2D eigenvalue weighted by molar-refractivity contribution is 5.33. The number of benzene rings is 2. The Morgan fingerprint density at radius 3 is 2.55 bits per heavy atom. The number of aryl methyl sites for hydroxylation is 3. The first-order valence-corrected chi connectivity index (χ1v) is 8.01. The molecule has 1 unspecified atom stereocenters. The van der Waals surface area contributed by atoms with E-state index >= 15 is 0 Å². The minimum absolute atomic E-state index is 0.478. The SMILES string of the molecule is COc1ccccc1CNC(C)CCc1ccc(C)c(C)c1. The van der Waals surface area contributed by atoms with Crippen LogP contribution in [-0.2, 0) is 13.0 Å². The molecule has 0 heterocycles. The van der Waals surface area contributed by atoms with Crippen molar-refractivity contribution in [2.45, 2.75) is 46.2 Å². The van der Waals surface area contributed by atoms with Crippen molar-refractivity contribution in [3.63, 3.8) is 0 Å². The number of rotatable bonds is 7. The summed E-state index contributed by atoms with van der Waals surface area (Å²) in [6, 6.07) is 15.4. The van der Waals surface area contributed by atoms with Gasteiger partial charge in [-0.2, -0.15) is 0 Å². The molecule has 2 aromatic rings. The van der Waals surface area contributed by atoms with Crippen molar-refractivity contribution in [2.24, 2.45) is 0 Å². The number of ether oxygens (including phenoxy) is 1. The molecular formula is C20H27NO. The average Bonchev–Trinajstić information content (AvgIpc) is 2.54. The maximum Gasteiger partial charge on any atom is 0.123 e. The molecule has 2 aromatic carbocycles. The molecule has 0 fully saturated rings. The van der Waals surface area contributed by atoms with Gasteiger partial charge in [0, 0.05) is 18.2 Å². The molecule has 0 bridgehead atoms. The minimum atomic E-state index is 0.478. The van der Waals surface area contributed by atoms with Gasteiger partial charge in [-0.05, 0) is 56.4 Å². The van der Waals surface area contributed by atoms with Crippen LogP contribution in [-0.4, -0.2) is 13.2 Å². The fraction of sp³-hybridized carbons (Fsp3) is 0.400. The molecule has 0 aliphatic carbocycles. The van der Waals surface area contributed by atoms with Gasteiger partial charge in [0.15, 0.2) is 0 Å². The first kappa shape index (κ1) is 16.6. The van der Waals surface area contributed by atoms with E-state index in [1.807, 2.05) is 12.1 Å². The summed E-state index contributed by atoms with van der Waals surface area (Å²) in [5.74, 6) is 0.955. The molecule has 2 nitrogen and oxygen atoms in total. The molecule has 0 saturated heterocycles. The van der Waals surface area contributed by atoms with Gasteiger partial charge >= 0.3 is 0 Å². The Kier molecular flexibility index (Phi) is 6.02. The summed E-state index contributed by atoms with van der Waals surface area (Å²) in [5, 5.41) is 3.59. The van der Waals surface area contributed by atoms with Crippen LogP contribution in [0.15, 0.2) is 42.5 Å². The van der Waals surface area contributed by atoms with Crippen molar-refractivity contribution >= 4 is 0 Å². The highest BCUT2D eigenvalue weighted by Crippen LogP contribution is 2.17. The van der Waals surface area contributed by atoms with E-state index in [-0.39, 0.29) is 0 Å². The average molecular weight is 297 g/mol. The van der Waals surface area contributed by atoms with Gasteiger partial charge in [-0.15, -0.1) is 0 Å². The maximum absolute atomic E-state index is 5.39. The van der Waals surface area contributed by atoms with E-state index in [0.717, 1.165) is 25.1 Å². The van der Waals surface area contributed by atoms with Gasteiger partial charge in [0.05, 0.1) is 7.11 Å². The Labute approximate surface area is 134 Å². The monoisotopic (exact) mass is 297 g/mol. The quantitative estimate of drug-likeness (QED) is 0.816. The predicted molar refractivity (Wildman–Crippen MR) is 93.5 cm³/mol. The van der Waals surface area contributed by atoms with Gasteiger partial charge in [-0.25, -0.2) is 0 Å². The van der Waals surface area contributed by atoms with Crippen LogP contribution >= 0.6 is 0 Å². The summed E-state index contributed by atoms with van der Waals surface area (Å²) in [5.41, 5.74) is 5.38. The lowest BCUT2D eigenvalue weighted by atomic mass is 10.0. The van der Waals surface area contributed by atoms with Crippen LogP contribution in [0.4, 0.5) is 0 Å². The molecule has 0 aliphatic rings. The van der Waals surface area contributed by atoms with E-state index in [1.54, 1.807) is 7.11 Å². The zero-order valence-corrected chi connectivity index (χ0v) is 14.1. The van der Waals surface area contributed by atoms with Crippen molar-refractivity contribution in [1.29, 1.82) is 0 Å². The number of methoxy groups -OCH3 is 1. The molecule has 0 spiro atoms. The van der Waals surface area contributed by atoms with Crippen molar-refractivity contribution in [3.05, 3.63) is 64.7 Å². The third kappa shape index (κ3) is 4.60. The molecule has 0 aromatic heterocycles. The molecule has 0 saturated carbocycles. The summed E-state index contributed by atoms with van der Waals surface area (Å²) in [6.45, 7) is 7.44. The van der Waals surface area contributed by atoms with E-state index in [9.17, 15) is 0 Å². The molecule has 0 aliphatic heterocycles. The van der Waals surface area contributed by atoms with Crippen LogP contribution in [0.5, 0.6) is 5.75 Å². The van der Waals surface area contributed by atoms with Gasteiger partial charge in [0.2, 0.25) is 0 Å². The Bertz CT molecular complexity index is 606. The molecule has 1 atom stereocenters. The molecule has 2 heteroatoms. The highest BCUT2D eigenvalue weighted by atomic mass is 16.5. The number of nitrogens with one attached hydrogen (secondary N) is 1. The van der Waals surface area contributed by atoms with E-state index in [2.05, 4.69) is 56.4 Å². The van der Waals surface area contributed by atoms with Crippen LogP contribution in [0.2, 0.25) is 0 Å². The van der Waals surface area contributed by atoms with Gasteiger partial charge in [-0.1, -0.05) is 36.4 Å². The topological polar surface area (TPSA) is 21.3 Å². The second-order valence-corrected chi connectivity index (χ2v) is 6.05. The van der Waals surface area contributed by atoms with Gasteiger partial charge in [0.1, 0.15) is 5.75 Å². The number of hydrogen-bond donors (Lipinski definition) is 1. The molecular weight excluding hydrogens is 270 g/mol. The molecule has 118 valence electrons.